The van der Waals surface area contributed by atoms with Crippen LogP contribution in [0.2, 0.25) is 0 Å². The van der Waals surface area contributed by atoms with Crippen molar-refractivity contribution in [2.45, 2.75) is 11.3 Å². The first kappa shape index (κ1) is 12.7. The minimum Gasteiger partial charge on any atom is -0.374 e. The first-order valence-electron chi connectivity index (χ1n) is 4.76. The summed E-state index contributed by atoms with van der Waals surface area (Å²) in [5, 5.41) is 6.90. The van der Waals surface area contributed by atoms with Crippen LogP contribution in [0.15, 0.2) is 22.5 Å². The Morgan fingerprint density at radius 2 is 2.11 bits per heavy atom. The standard InChI is InChI=1S/C9H9FN4O2S2/c1-5-2-3-6(10)4-7(5)14-18(15,16)9-13-12-8(11)17-9/h2-4,14H,1H3,(H2,11,12). The van der Waals surface area contributed by atoms with Crippen LogP contribution in [0.5, 0.6) is 0 Å². The van der Waals surface area contributed by atoms with Gasteiger partial charge in [-0.3, -0.25) is 4.72 Å². The Morgan fingerprint density at radius 3 is 2.72 bits per heavy atom. The average Bonchev–Trinajstić information content (AvgIpc) is 2.71. The lowest BCUT2D eigenvalue weighted by atomic mass is 10.2. The minimum atomic E-state index is -3.88. The van der Waals surface area contributed by atoms with Crippen LogP contribution in [0.4, 0.5) is 15.2 Å². The third-order valence-electron chi connectivity index (χ3n) is 2.10. The summed E-state index contributed by atoms with van der Waals surface area (Å²) in [6.07, 6.45) is 0. The molecule has 0 aliphatic carbocycles. The molecule has 1 heterocycles. The molecule has 0 saturated carbocycles. The fourth-order valence-corrected chi connectivity index (χ4v) is 3.13. The summed E-state index contributed by atoms with van der Waals surface area (Å²) < 4.78 is 38.8. The lowest BCUT2D eigenvalue weighted by Gasteiger charge is -2.08. The van der Waals surface area contributed by atoms with Crippen LogP contribution < -0.4 is 10.5 Å². The molecule has 0 unspecified atom stereocenters. The highest BCUT2D eigenvalue weighted by Gasteiger charge is 2.20. The predicted octanol–water partition coefficient (Wildman–Crippen LogP) is 1.37. The molecule has 2 aromatic rings. The monoisotopic (exact) mass is 288 g/mol. The summed E-state index contributed by atoms with van der Waals surface area (Å²) >= 11 is 0.735. The normalized spacial score (nSPS) is 11.4. The molecular weight excluding hydrogens is 279 g/mol. The molecule has 3 N–H and O–H groups in total. The third-order valence-corrected chi connectivity index (χ3v) is 4.58. The summed E-state index contributed by atoms with van der Waals surface area (Å²) in [5.74, 6) is -0.532. The number of nitrogens with one attached hydrogen (secondary N) is 1. The van der Waals surface area contributed by atoms with Crippen LogP contribution >= 0.6 is 11.3 Å². The third kappa shape index (κ3) is 2.57. The quantitative estimate of drug-likeness (QED) is 0.888. The molecule has 0 bridgehead atoms. The Kier molecular flexibility index (Phi) is 3.18. The van der Waals surface area contributed by atoms with E-state index in [0.29, 0.717) is 5.56 Å². The molecule has 6 nitrogen and oxygen atoms in total. The average molecular weight is 288 g/mol. The highest BCUT2D eigenvalue weighted by Crippen LogP contribution is 2.23. The molecule has 96 valence electrons. The van der Waals surface area contributed by atoms with Crippen molar-refractivity contribution in [3.05, 3.63) is 29.6 Å². The van der Waals surface area contributed by atoms with Gasteiger partial charge in [0.05, 0.1) is 5.69 Å². The highest BCUT2D eigenvalue weighted by atomic mass is 32.2. The second-order valence-corrected chi connectivity index (χ2v) is 6.34. The fourth-order valence-electron chi connectivity index (χ4n) is 1.22. The van der Waals surface area contributed by atoms with E-state index in [2.05, 4.69) is 14.9 Å². The second kappa shape index (κ2) is 4.50. The van der Waals surface area contributed by atoms with Crippen LogP contribution in [-0.2, 0) is 10.0 Å². The van der Waals surface area contributed by atoms with Gasteiger partial charge in [-0.25, -0.2) is 4.39 Å². The van der Waals surface area contributed by atoms with E-state index in [4.69, 9.17) is 5.73 Å². The maximum absolute atomic E-state index is 13.0. The van der Waals surface area contributed by atoms with E-state index < -0.39 is 15.8 Å². The summed E-state index contributed by atoms with van der Waals surface area (Å²) in [5.41, 5.74) is 6.07. The number of nitrogens with two attached hydrogens (primary N) is 1. The summed E-state index contributed by atoms with van der Waals surface area (Å²) in [7, 11) is -3.88. The SMILES string of the molecule is Cc1ccc(F)cc1NS(=O)(=O)c1nnc(N)s1. The van der Waals surface area contributed by atoms with Gasteiger partial charge in [0.15, 0.2) is 0 Å². The topological polar surface area (TPSA) is 98.0 Å². The van der Waals surface area contributed by atoms with Crippen molar-refractivity contribution in [1.82, 2.24) is 10.2 Å². The van der Waals surface area contributed by atoms with Crippen LogP contribution in [0.3, 0.4) is 0 Å². The van der Waals surface area contributed by atoms with E-state index in [1.807, 2.05) is 0 Å². The number of nitrogens with zero attached hydrogens (tertiary/aromatic N) is 2. The number of aryl methyl sites for hydroxylation is 1. The van der Waals surface area contributed by atoms with Gasteiger partial charge >= 0.3 is 0 Å². The maximum Gasteiger partial charge on any atom is 0.291 e. The zero-order chi connectivity index (χ0) is 13.3. The molecule has 0 radical (unpaired) electrons. The number of rotatable bonds is 3. The van der Waals surface area contributed by atoms with E-state index >= 15 is 0 Å². The van der Waals surface area contributed by atoms with Crippen LogP contribution in [0.25, 0.3) is 0 Å². The number of sulfonamides is 1. The molecule has 0 atom stereocenters. The van der Waals surface area contributed by atoms with Crippen molar-refractivity contribution in [1.29, 1.82) is 0 Å². The molecule has 0 aliphatic heterocycles. The summed E-state index contributed by atoms with van der Waals surface area (Å²) in [6.45, 7) is 1.66. The number of hydrogen-bond donors (Lipinski definition) is 2. The Morgan fingerprint density at radius 1 is 1.39 bits per heavy atom. The maximum atomic E-state index is 13.0. The van der Waals surface area contributed by atoms with Gasteiger partial charge < -0.3 is 5.73 Å². The highest BCUT2D eigenvalue weighted by molar-refractivity contribution is 7.94. The van der Waals surface area contributed by atoms with Gasteiger partial charge in [0.2, 0.25) is 5.13 Å². The molecule has 18 heavy (non-hydrogen) atoms. The van der Waals surface area contributed by atoms with Crippen LogP contribution in [0.1, 0.15) is 5.56 Å². The molecule has 0 spiro atoms. The van der Waals surface area contributed by atoms with Crippen LogP contribution in [-0.4, -0.2) is 18.6 Å². The van der Waals surface area contributed by atoms with Gasteiger partial charge in [-0.15, -0.1) is 10.2 Å². The molecular formula is C9H9FN4O2S2. The van der Waals surface area contributed by atoms with Crippen molar-refractivity contribution in [2.75, 3.05) is 10.5 Å². The van der Waals surface area contributed by atoms with Crippen LogP contribution in [0, 0.1) is 12.7 Å². The number of anilines is 2. The molecule has 1 aromatic heterocycles. The summed E-state index contributed by atoms with van der Waals surface area (Å²) in [6, 6.07) is 3.81. The first-order chi connectivity index (χ1) is 8.38. The number of benzene rings is 1. The molecule has 1 aromatic carbocycles. The smallest absolute Gasteiger partial charge is 0.291 e. The Hall–Kier alpha value is -1.74. The van der Waals surface area contributed by atoms with E-state index in [9.17, 15) is 12.8 Å². The van der Waals surface area contributed by atoms with Crippen molar-refractivity contribution >= 4 is 32.2 Å². The molecule has 0 aliphatic rings. The first-order valence-corrected chi connectivity index (χ1v) is 7.06. The number of halogens is 1. The number of nitrogen functional groups attached to an aromatic ring is 1. The lowest BCUT2D eigenvalue weighted by molar-refractivity contribution is 0.599. The zero-order valence-electron chi connectivity index (χ0n) is 9.21. The molecule has 0 amide bonds. The lowest BCUT2D eigenvalue weighted by Crippen LogP contribution is -2.13. The molecule has 0 fully saturated rings. The number of hydrogen-bond acceptors (Lipinski definition) is 6. The van der Waals surface area contributed by atoms with Crippen molar-refractivity contribution in [3.8, 4) is 0 Å². The van der Waals surface area contributed by atoms with E-state index in [1.54, 1.807) is 6.92 Å². The van der Waals surface area contributed by atoms with Gasteiger partial charge in [-0.05, 0) is 24.6 Å². The Bertz CT molecular complexity index is 684. The fraction of sp³-hybridized carbons (Fsp3) is 0.111. The second-order valence-electron chi connectivity index (χ2n) is 3.47. The predicted molar refractivity (Wildman–Crippen MR) is 66.3 cm³/mol. The van der Waals surface area contributed by atoms with Gasteiger partial charge in [-0.2, -0.15) is 8.42 Å². The van der Waals surface area contributed by atoms with Gasteiger partial charge in [0.1, 0.15) is 5.82 Å². The molecule has 9 heteroatoms. The summed E-state index contributed by atoms with van der Waals surface area (Å²) in [4.78, 5) is 0. The van der Waals surface area contributed by atoms with E-state index in [-0.39, 0.29) is 15.2 Å². The van der Waals surface area contributed by atoms with Gasteiger partial charge in [0.25, 0.3) is 14.4 Å². The van der Waals surface area contributed by atoms with Crippen molar-refractivity contribution in [2.24, 2.45) is 0 Å². The van der Waals surface area contributed by atoms with E-state index in [1.165, 1.54) is 12.1 Å². The molecule has 0 saturated heterocycles. The van der Waals surface area contributed by atoms with Gasteiger partial charge in [-0.1, -0.05) is 17.4 Å². The van der Waals surface area contributed by atoms with Gasteiger partial charge in [0, 0.05) is 0 Å². The zero-order valence-corrected chi connectivity index (χ0v) is 10.8. The Balaban J connectivity index is 2.36. The van der Waals surface area contributed by atoms with E-state index in [0.717, 1.165) is 17.4 Å². The Labute approximate surface area is 107 Å². The minimum absolute atomic E-state index is 0.0475. The number of aromatic nitrogens is 2. The van der Waals surface area contributed by atoms with Crippen molar-refractivity contribution in [3.63, 3.8) is 0 Å². The molecule has 2 rings (SSSR count). The largest absolute Gasteiger partial charge is 0.374 e. The van der Waals surface area contributed by atoms with Crippen molar-refractivity contribution < 1.29 is 12.8 Å².